The molecule has 2 saturated heterocycles. The van der Waals surface area contributed by atoms with Gasteiger partial charge in [-0.1, -0.05) is 23.3 Å². The number of rotatable bonds is 5. The molecule has 1 aromatic carbocycles. The highest BCUT2D eigenvalue weighted by Gasteiger charge is 2.28. The van der Waals surface area contributed by atoms with E-state index in [1.165, 1.54) is 0 Å². The third-order valence-electron chi connectivity index (χ3n) is 5.10. The summed E-state index contributed by atoms with van der Waals surface area (Å²) in [7, 11) is 0. The van der Waals surface area contributed by atoms with Crippen molar-refractivity contribution < 1.29 is 13.9 Å². The molecule has 0 bridgehead atoms. The maximum atomic E-state index is 12.4. The molecule has 0 saturated carbocycles. The first-order valence-electron chi connectivity index (χ1n) is 9.33. The lowest BCUT2D eigenvalue weighted by Gasteiger charge is -2.30. The Hall–Kier alpha value is -2.41. The van der Waals surface area contributed by atoms with Crippen LogP contribution in [-0.2, 0) is 9.53 Å². The van der Waals surface area contributed by atoms with Crippen molar-refractivity contribution >= 4 is 11.9 Å². The summed E-state index contributed by atoms with van der Waals surface area (Å²) in [5.41, 5.74) is 0.912. The zero-order valence-electron chi connectivity index (χ0n) is 14.8. The minimum absolute atomic E-state index is 0.0455. The Kier molecular flexibility index (Phi) is 5.15. The van der Waals surface area contributed by atoms with E-state index in [9.17, 15) is 4.79 Å². The van der Waals surface area contributed by atoms with Crippen molar-refractivity contribution in [3.05, 3.63) is 30.3 Å². The van der Waals surface area contributed by atoms with Crippen LogP contribution in [0.2, 0.25) is 0 Å². The van der Waals surface area contributed by atoms with Crippen molar-refractivity contribution in [3.8, 4) is 11.5 Å². The van der Waals surface area contributed by atoms with E-state index in [1.54, 1.807) is 0 Å². The molecule has 0 spiro atoms. The number of aromatic nitrogens is 2. The van der Waals surface area contributed by atoms with Gasteiger partial charge < -0.3 is 19.4 Å². The lowest BCUT2D eigenvalue weighted by molar-refractivity contribution is -0.126. The van der Waals surface area contributed by atoms with E-state index < -0.39 is 0 Å². The van der Waals surface area contributed by atoms with Crippen molar-refractivity contribution in [2.45, 2.75) is 31.8 Å². The van der Waals surface area contributed by atoms with E-state index in [2.05, 4.69) is 20.4 Å². The number of ether oxygens (including phenoxy) is 1. The summed E-state index contributed by atoms with van der Waals surface area (Å²) >= 11 is 0. The Morgan fingerprint density at radius 1 is 1.15 bits per heavy atom. The van der Waals surface area contributed by atoms with Crippen LogP contribution in [-0.4, -0.2) is 48.4 Å². The van der Waals surface area contributed by atoms with Crippen LogP contribution in [0.3, 0.4) is 0 Å². The third kappa shape index (κ3) is 3.88. The fourth-order valence-electron chi connectivity index (χ4n) is 3.54. The van der Waals surface area contributed by atoms with Crippen molar-refractivity contribution in [3.63, 3.8) is 0 Å². The van der Waals surface area contributed by atoms with E-state index in [0.717, 1.165) is 50.9 Å². The quantitative estimate of drug-likeness (QED) is 0.885. The first-order chi connectivity index (χ1) is 12.8. The van der Waals surface area contributed by atoms with Gasteiger partial charge in [-0.25, -0.2) is 0 Å². The number of benzene rings is 1. The minimum atomic E-state index is 0.0455. The molecule has 1 unspecified atom stereocenters. The molecule has 2 aliphatic heterocycles. The normalized spacial score (nSPS) is 21.1. The van der Waals surface area contributed by atoms with Gasteiger partial charge in [0.15, 0.2) is 0 Å². The van der Waals surface area contributed by atoms with E-state index in [-0.39, 0.29) is 17.9 Å². The fourth-order valence-corrected chi connectivity index (χ4v) is 3.54. The molecule has 1 atom stereocenters. The summed E-state index contributed by atoms with van der Waals surface area (Å²) in [4.78, 5) is 14.4. The lowest BCUT2D eigenvalue weighted by atomic mass is 9.96. The molecule has 1 N–H and O–H groups in total. The monoisotopic (exact) mass is 356 g/mol. The predicted molar refractivity (Wildman–Crippen MR) is 96.7 cm³/mol. The summed E-state index contributed by atoms with van der Waals surface area (Å²) in [6.45, 7) is 2.93. The second-order valence-corrected chi connectivity index (χ2v) is 6.90. The van der Waals surface area contributed by atoms with Crippen LogP contribution in [0, 0.1) is 5.92 Å². The Morgan fingerprint density at radius 3 is 2.69 bits per heavy atom. The number of hydrogen-bond donors (Lipinski definition) is 1. The van der Waals surface area contributed by atoms with Gasteiger partial charge in [-0.05, 0) is 37.8 Å². The Balaban J connectivity index is 1.28. The highest BCUT2D eigenvalue weighted by molar-refractivity contribution is 5.79. The second-order valence-electron chi connectivity index (χ2n) is 6.90. The van der Waals surface area contributed by atoms with Gasteiger partial charge in [-0.15, -0.1) is 5.10 Å². The maximum absolute atomic E-state index is 12.4. The zero-order chi connectivity index (χ0) is 17.8. The molecule has 4 rings (SSSR count). The van der Waals surface area contributed by atoms with Gasteiger partial charge in [-0.2, -0.15) is 0 Å². The molecule has 1 aromatic heterocycles. The van der Waals surface area contributed by atoms with Gasteiger partial charge in [0.1, 0.15) is 0 Å². The summed E-state index contributed by atoms with van der Waals surface area (Å²) in [6.07, 6.45) is 3.91. The fraction of sp³-hybridized carbons (Fsp3) is 0.526. The van der Waals surface area contributed by atoms with Crippen LogP contribution in [0.25, 0.3) is 11.5 Å². The van der Waals surface area contributed by atoms with Crippen LogP contribution < -0.4 is 10.2 Å². The first kappa shape index (κ1) is 17.0. The number of nitrogens with zero attached hydrogens (tertiary/aromatic N) is 3. The highest BCUT2D eigenvalue weighted by atomic mass is 16.5. The molecule has 2 aromatic rings. The number of nitrogens with one attached hydrogen (secondary N) is 1. The summed E-state index contributed by atoms with van der Waals surface area (Å²) < 4.78 is 11.4. The van der Waals surface area contributed by atoms with Crippen LogP contribution >= 0.6 is 0 Å². The third-order valence-corrected chi connectivity index (χ3v) is 5.10. The lowest BCUT2D eigenvalue weighted by Crippen LogP contribution is -2.42. The molecular formula is C19H24N4O3. The van der Waals surface area contributed by atoms with Crippen LogP contribution in [0.5, 0.6) is 0 Å². The Bertz CT molecular complexity index is 719. The molecule has 3 heterocycles. The van der Waals surface area contributed by atoms with Crippen LogP contribution in [0.15, 0.2) is 34.7 Å². The molecule has 0 aliphatic carbocycles. The molecule has 0 radical (unpaired) electrons. The molecule has 138 valence electrons. The van der Waals surface area contributed by atoms with E-state index in [4.69, 9.17) is 9.15 Å². The van der Waals surface area contributed by atoms with E-state index in [0.29, 0.717) is 18.5 Å². The Morgan fingerprint density at radius 2 is 1.96 bits per heavy atom. The molecule has 7 nitrogen and oxygen atoms in total. The second kappa shape index (κ2) is 7.86. The van der Waals surface area contributed by atoms with Crippen molar-refractivity contribution in [1.29, 1.82) is 0 Å². The molecular weight excluding hydrogens is 332 g/mol. The van der Waals surface area contributed by atoms with Crippen LogP contribution in [0.1, 0.15) is 25.7 Å². The molecule has 2 fully saturated rings. The summed E-state index contributed by atoms with van der Waals surface area (Å²) in [5.74, 6) is 0.705. The van der Waals surface area contributed by atoms with Gasteiger partial charge in [0.25, 0.3) is 0 Å². The topological polar surface area (TPSA) is 80.5 Å². The maximum Gasteiger partial charge on any atom is 0.318 e. The van der Waals surface area contributed by atoms with Gasteiger partial charge in [0.2, 0.25) is 11.8 Å². The van der Waals surface area contributed by atoms with Gasteiger partial charge in [-0.3, -0.25) is 4.79 Å². The van der Waals surface area contributed by atoms with Gasteiger partial charge in [0.05, 0.1) is 6.10 Å². The van der Waals surface area contributed by atoms with E-state index in [1.807, 2.05) is 30.3 Å². The van der Waals surface area contributed by atoms with Crippen molar-refractivity contribution in [2.75, 3.05) is 31.1 Å². The van der Waals surface area contributed by atoms with Crippen molar-refractivity contribution in [1.82, 2.24) is 15.5 Å². The van der Waals surface area contributed by atoms with Crippen molar-refractivity contribution in [2.24, 2.45) is 5.92 Å². The molecule has 7 heteroatoms. The van der Waals surface area contributed by atoms with Gasteiger partial charge >= 0.3 is 6.01 Å². The molecule has 1 amide bonds. The molecule has 2 aliphatic rings. The SMILES string of the molecule is O=C(NCC1CCCO1)C1CCN(c2nnc(-c3ccccc3)o2)CC1. The predicted octanol–water partition coefficient (Wildman–Crippen LogP) is 2.25. The highest BCUT2D eigenvalue weighted by Crippen LogP contribution is 2.26. The zero-order valence-corrected chi connectivity index (χ0v) is 14.8. The number of piperidine rings is 1. The van der Waals surface area contributed by atoms with E-state index >= 15 is 0 Å². The molecule has 26 heavy (non-hydrogen) atoms. The number of amides is 1. The van der Waals surface area contributed by atoms with Gasteiger partial charge in [0, 0.05) is 37.7 Å². The number of hydrogen-bond acceptors (Lipinski definition) is 6. The first-order valence-corrected chi connectivity index (χ1v) is 9.33. The number of carbonyl (C=O) groups is 1. The summed E-state index contributed by atoms with van der Waals surface area (Å²) in [6, 6.07) is 10.3. The number of carbonyl (C=O) groups excluding carboxylic acids is 1. The van der Waals surface area contributed by atoms with Crippen LogP contribution in [0.4, 0.5) is 6.01 Å². The largest absolute Gasteiger partial charge is 0.403 e. The summed E-state index contributed by atoms with van der Waals surface area (Å²) in [5, 5.41) is 11.3. The average Bonchev–Trinajstić information content (AvgIpc) is 3.39. The standard InChI is InChI=1S/C19H24N4O3/c24-17(20-13-16-7-4-12-25-16)14-8-10-23(11-9-14)19-22-21-18(26-19)15-5-2-1-3-6-15/h1-3,5-6,14,16H,4,7-13H2,(H,20,24). The number of anilines is 1. The smallest absolute Gasteiger partial charge is 0.318 e. The average molecular weight is 356 g/mol. The Labute approximate surface area is 152 Å². The minimum Gasteiger partial charge on any atom is -0.403 e.